The van der Waals surface area contributed by atoms with Gasteiger partial charge in [0.05, 0.1) is 28.6 Å². The number of benzene rings is 2. The topological polar surface area (TPSA) is 99.2 Å². The number of nitrogens with one attached hydrogen (secondary N) is 1. The largest absolute Gasteiger partial charge is 0.480 e. The van der Waals surface area contributed by atoms with Gasteiger partial charge in [-0.2, -0.15) is 8.78 Å². The van der Waals surface area contributed by atoms with Gasteiger partial charge < -0.3 is 25.0 Å². The smallest absolute Gasteiger partial charge is 0.451 e. The Balaban J connectivity index is 1.49. The van der Waals surface area contributed by atoms with Crippen LogP contribution in [0.1, 0.15) is 54.1 Å². The van der Waals surface area contributed by atoms with Crippen molar-refractivity contribution in [2.75, 3.05) is 11.4 Å². The van der Waals surface area contributed by atoms with Crippen LogP contribution >= 0.6 is 22.6 Å². The number of fused-ring (bicyclic) bond motifs is 2. The van der Waals surface area contributed by atoms with E-state index >= 15 is 0 Å². The number of alkyl halides is 3. The van der Waals surface area contributed by atoms with E-state index in [1.807, 2.05) is 24.3 Å². The lowest BCUT2D eigenvalue weighted by Gasteiger charge is -2.47. The number of carboxylic acids is 1. The van der Waals surface area contributed by atoms with Gasteiger partial charge in [-0.05, 0) is 61.6 Å². The Morgan fingerprint density at radius 3 is 2.43 bits per heavy atom. The van der Waals surface area contributed by atoms with Gasteiger partial charge in [0.1, 0.15) is 12.3 Å². The number of urea groups is 1. The molecule has 2 aromatic rings. The highest BCUT2D eigenvalue weighted by atomic mass is 127. The first-order chi connectivity index (χ1) is 17.6. The average molecular weight is 625 g/mol. The second kappa shape index (κ2) is 10.1. The van der Waals surface area contributed by atoms with Gasteiger partial charge in [0, 0.05) is 29.3 Å². The van der Waals surface area contributed by atoms with Crippen molar-refractivity contribution in [1.29, 1.82) is 0 Å². The van der Waals surface area contributed by atoms with E-state index in [-0.39, 0.29) is 35.7 Å². The van der Waals surface area contributed by atoms with Crippen molar-refractivity contribution in [3.63, 3.8) is 0 Å². The molecule has 2 aliphatic carbocycles. The fourth-order valence-electron chi connectivity index (χ4n) is 5.69. The molecular weight excluding hydrogens is 599 g/mol. The third kappa shape index (κ3) is 5.36. The summed E-state index contributed by atoms with van der Waals surface area (Å²) in [5.74, 6) is -1.41. The van der Waals surface area contributed by atoms with Gasteiger partial charge in [0.2, 0.25) is 0 Å². The number of carbonyl (C=O) groups excluding carboxylic acids is 2. The Kier molecular flexibility index (Phi) is 6.99. The lowest BCUT2D eigenvalue weighted by Crippen LogP contribution is -2.54. The maximum absolute atomic E-state index is 13.8. The molecule has 5 rings (SSSR count). The molecule has 3 amide bonds. The summed E-state index contributed by atoms with van der Waals surface area (Å²) in [5, 5.41) is 11.6. The highest BCUT2D eigenvalue weighted by molar-refractivity contribution is 14.1. The van der Waals surface area contributed by atoms with E-state index in [1.54, 1.807) is 9.80 Å². The molecule has 2 saturated carbocycles. The number of aliphatic carboxylic acids is 1. The number of carbonyl (C=O) groups is 3. The molecule has 1 heterocycles. The summed E-state index contributed by atoms with van der Waals surface area (Å²) < 4.78 is 27.6. The summed E-state index contributed by atoms with van der Waals surface area (Å²) in [4.78, 5) is 41.7. The van der Waals surface area contributed by atoms with Crippen molar-refractivity contribution in [1.82, 2.24) is 10.2 Å². The number of para-hydroxylation sites is 1. The predicted octanol–water partition coefficient (Wildman–Crippen LogP) is 5.18. The fourth-order valence-corrected chi connectivity index (χ4v) is 5.95. The first-order valence-corrected chi connectivity index (χ1v) is 13.3. The maximum atomic E-state index is 13.8. The van der Waals surface area contributed by atoms with Crippen LogP contribution in [0.4, 0.5) is 19.3 Å². The highest BCUT2D eigenvalue weighted by Gasteiger charge is 2.51. The van der Waals surface area contributed by atoms with E-state index in [0.29, 0.717) is 11.3 Å². The summed E-state index contributed by atoms with van der Waals surface area (Å²) >= 11 is 0.891. The number of rotatable bonds is 7. The molecule has 1 aliphatic heterocycles. The zero-order valence-corrected chi connectivity index (χ0v) is 21.9. The van der Waals surface area contributed by atoms with E-state index < -0.39 is 22.7 Å². The quantitative estimate of drug-likeness (QED) is 0.327. The molecule has 37 heavy (non-hydrogen) atoms. The standard InChI is InChI=1S/C26H26F2IN3O5/c27-26(28,29)37-17-12-8-15(9-13-17)24(35)32-20-6-2-1-4-18(20)23(19-5-3-7-21(19)32)31(16-10-11-16)25(36)30-14-22(33)34/h1-2,4,6,8-9,12-13,16,19,21,23H,3,5,7,10-11,14H2,(H,30,36)(H,33,34). The van der Waals surface area contributed by atoms with Crippen LogP contribution in [0.3, 0.4) is 0 Å². The van der Waals surface area contributed by atoms with Crippen LogP contribution < -0.4 is 15.0 Å². The van der Waals surface area contributed by atoms with Gasteiger partial charge in [0.25, 0.3) is 5.91 Å². The van der Waals surface area contributed by atoms with Crippen LogP contribution in [-0.2, 0) is 4.79 Å². The van der Waals surface area contributed by atoms with Crippen molar-refractivity contribution in [3.05, 3.63) is 59.7 Å². The van der Waals surface area contributed by atoms with Crippen LogP contribution in [0.15, 0.2) is 48.5 Å². The molecule has 0 spiro atoms. The van der Waals surface area contributed by atoms with Gasteiger partial charge in [-0.15, -0.1) is 0 Å². The minimum atomic E-state index is -3.36. The monoisotopic (exact) mass is 625 g/mol. The molecule has 3 atom stereocenters. The average Bonchev–Trinajstić information content (AvgIpc) is 3.57. The van der Waals surface area contributed by atoms with E-state index in [9.17, 15) is 23.2 Å². The Morgan fingerprint density at radius 1 is 1.08 bits per heavy atom. The minimum Gasteiger partial charge on any atom is -0.480 e. The van der Waals surface area contributed by atoms with Crippen molar-refractivity contribution < 1.29 is 33.0 Å². The molecule has 3 aliphatic rings. The number of hydrogen-bond acceptors (Lipinski definition) is 4. The molecule has 3 unspecified atom stereocenters. The Hall–Kier alpha value is -2.96. The molecule has 8 nitrogen and oxygen atoms in total. The molecule has 0 bridgehead atoms. The SMILES string of the molecule is O=C(O)CNC(=O)N(C1CC1)C1c2ccccc2N(C(=O)c2ccc(OC(F)(F)I)cc2)C2CCCC21. The van der Waals surface area contributed by atoms with Crippen LogP contribution in [0, 0.1) is 5.92 Å². The third-order valence-electron chi connectivity index (χ3n) is 7.20. The minimum absolute atomic E-state index is 0.0182. The van der Waals surface area contributed by atoms with Gasteiger partial charge in [-0.3, -0.25) is 9.59 Å². The first-order valence-electron chi connectivity index (χ1n) is 12.2. The molecule has 2 fully saturated rings. The van der Waals surface area contributed by atoms with E-state index in [0.717, 1.165) is 60.3 Å². The number of anilines is 1. The highest BCUT2D eigenvalue weighted by Crippen LogP contribution is 2.52. The Morgan fingerprint density at radius 2 is 1.78 bits per heavy atom. The summed E-state index contributed by atoms with van der Waals surface area (Å²) in [6, 6.07) is 12.4. The molecular formula is C26H26F2IN3O5. The van der Waals surface area contributed by atoms with E-state index in [4.69, 9.17) is 5.11 Å². The van der Waals surface area contributed by atoms with Crippen molar-refractivity contribution in [2.45, 2.75) is 54.3 Å². The second-order valence-electron chi connectivity index (χ2n) is 9.60. The molecule has 2 N–H and O–H groups in total. The lowest BCUT2D eigenvalue weighted by atomic mass is 9.81. The molecule has 0 aromatic heterocycles. The number of hydrogen-bond donors (Lipinski definition) is 2. The van der Waals surface area contributed by atoms with Crippen LogP contribution in [0.2, 0.25) is 0 Å². The molecule has 196 valence electrons. The summed E-state index contributed by atoms with van der Waals surface area (Å²) in [5.41, 5.74) is 1.90. The van der Waals surface area contributed by atoms with E-state index in [1.165, 1.54) is 24.3 Å². The van der Waals surface area contributed by atoms with Crippen molar-refractivity contribution >= 4 is 46.2 Å². The fraction of sp³-hybridized carbons (Fsp3) is 0.423. The van der Waals surface area contributed by atoms with E-state index in [2.05, 4.69) is 10.1 Å². The van der Waals surface area contributed by atoms with Crippen LogP contribution in [0.25, 0.3) is 0 Å². The van der Waals surface area contributed by atoms with Gasteiger partial charge >= 0.3 is 16.1 Å². The molecule has 0 radical (unpaired) electrons. The third-order valence-corrected chi connectivity index (χ3v) is 7.42. The molecule has 2 aromatic carbocycles. The van der Waals surface area contributed by atoms with Crippen LogP contribution in [-0.4, -0.2) is 50.7 Å². The normalized spacial score (nSPS) is 22.6. The first kappa shape index (κ1) is 25.7. The zero-order valence-electron chi connectivity index (χ0n) is 19.8. The number of amides is 3. The summed E-state index contributed by atoms with van der Waals surface area (Å²) in [7, 11) is 0. The zero-order chi connectivity index (χ0) is 26.3. The number of halogens is 3. The Bertz CT molecular complexity index is 1200. The second-order valence-corrected chi connectivity index (χ2v) is 10.9. The van der Waals surface area contributed by atoms with Crippen molar-refractivity contribution in [2.24, 2.45) is 5.92 Å². The maximum Gasteiger partial charge on any atom is 0.451 e. The lowest BCUT2D eigenvalue weighted by molar-refractivity contribution is -0.135. The summed E-state index contributed by atoms with van der Waals surface area (Å²) in [6.45, 7) is -0.460. The Labute approximate surface area is 226 Å². The number of nitrogens with zero attached hydrogens (tertiary/aromatic N) is 2. The molecule has 0 saturated heterocycles. The van der Waals surface area contributed by atoms with Gasteiger partial charge in [-0.1, -0.05) is 24.6 Å². The number of carboxylic acid groups (broad SMARTS) is 1. The van der Waals surface area contributed by atoms with Crippen molar-refractivity contribution in [3.8, 4) is 5.75 Å². The van der Waals surface area contributed by atoms with Gasteiger partial charge in [0.15, 0.2) is 0 Å². The van der Waals surface area contributed by atoms with Gasteiger partial charge in [-0.25, -0.2) is 4.79 Å². The van der Waals surface area contributed by atoms with Crippen LogP contribution in [0.5, 0.6) is 5.75 Å². The molecule has 11 heteroatoms. The number of ether oxygens (including phenoxy) is 1. The predicted molar refractivity (Wildman–Crippen MR) is 139 cm³/mol. The summed E-state index contributed by atoms with van der Waals surface area (Å²) in [6.07, 6.45) is 4.17.